The van der Waals surface area contributed by atoms with E-state index in [9.17, 15) is 9.90 Å². The number of halogens is 1. The maximum atomic E-state index is 12.2. The quantitative estimate of drug-likeness (QED) is 0.655. The Labute approximate surface area is 141 Å². The van der Waals surface area contributed by atoms with E-state index in [4.69, 9.17) is 0 Å². The molecule has 2 N–H and O–H groups in total. The first kappa shape index (κ1) is 18.2. The molecule has 0 aromatic heterocycles. The van der Waals surface area contributed by atoms with Crippen LogP contribution in [0, 0.1) is 3.57 Å². The molecule has 0 bridgehead atoms. The Hall–Kier alpha value is -0.820. The van der Waals surface area contributed by atoms with E-state index in [0.29, 0.717) is 5.56 Å². The first-order valence-electron chi connectivity index (χ1n) is 7.49. The van der Waals surface area contributed by atoms with Crippen molar-refractivity contribution in [1.82, 2.24) is 10.2 Å². The number of nitrogens with one attached hydrogen (secondary N) is 1. The van der Waals surface area contributed by atoms with Crippen molar-refractivity contribution < 1.29 is 9.90 Å². The molecule has 0 aliphatic heterocycles. The Morgan fingerprint density at radius 3 is 2.67 bits per heavy atom. The number of hydrogen-bond donors (Lipinski definition) is 2. The largest absolute Gasteiger partial charge is 0.507 e. The Morgan fingerprint density at radius 1 is 1.38 bits per heavy atom. The highest BCUT2D eigenvalue weighted by Crippen LogP contribution is 2.19. The number of nitrogens with zero attached hydrogens (tertiary/aromatic N) is 1. The summed E-state index contributed by atoms with van der Waals surface area (Å²) in [5.74, 6) is -0.176. The fraction of sp³-hybridized carbons (Fsp3) is 0.562. The van der Waals surface area contributed by atoms with Gasteiger partial charge in [0.1, 0.15) is 5.75 Å². The van der Waals surface area contributed by atoms with Gasteiger partial charge in [0.05, 0.1) is 5.56 Å². The smallest absolute Gasteiger partial charge is 0.255 e. The number of aromatic hydroxyl groups is 1. The number of hydrogen-bond acceptors (Lipinski definition) is 3. The van der Waals surface area contributed by atoms with Gasteiger partial charge in [-0.3, -0.25) is 4.79 Å². The molecular weight excluding hydrogens is 379 g/mol. The van der Waals surface area contributed by atoms with Crippen LogP contribution in [-0.4, -0.2) is 41.6 Å². The number of rotatable bonds is 8. The summed E-state index contributed by atoms with van der Waals surface area (Å²) >= 11 is 2.13. The molecule has 1 aromatic carbocycles. The number of benzene rings is 1. The molecule has 1 rings (SSSR count). The molecule has 0 aliphatic rings. The summed E-state index contributed by atoms with van der Waals surface area (Å²) in [5, 5.41) is 12.7. The van der Waals surface area contributed by atoms with Crippen LogP contribution in [0.15, 0.2) is 18.2 Å². The van der Waals surface area contributed by atoms with E-state index in [2.05, 4.69) is 46.7 Å². The molecule has 5 heteroatoms. The van der Waals surface area contributed by atoms with Crippen molar-refractivity contribution >= 4 is 28.5 Å². The fourth-order valence-electron chi connectivity index (χ4n) is 2.22. The normalized spacial score (nSPS) is 12.4. The Bertz CT molecular complexity index is 462. The average Bonchev–Trinajstić information content (AvgIpc) is 2.46. The minimum atomic E-state index is -0.207. The summed E-state index contributed by atoms with van der Waals surface area (Å²) in [7, 11) is 0. The van der Waals surface area contributed by atoms with E-state index in [0.717, 1.165) is 36.0 Å². The van der Waals surface area contributed by atoms with Crippen molar-refractivity contribution in [3.05, 3.63) is 27.3 Å². The van der Waals surface area contributed by atoms with Crippen molar-refractivity contribution in [3.8, 4) is 5.75 Å². The van der Waals surface area contributed by atoms with E-state index in [1.807, 2.05) is 6.92 Å². The zero-order valence-electron chi connectivity index (χ0n) is 13.0. The van der Waals surface area contributed by atoms with Gasteiger partial charge in [0.15, 0.2) is 0 Å². The molecule has 0 aliphatic carbocycles. The van der Waals surface area contributed by atoms with Crippen molar-refractivity contribution in [3.63, 3.8) is 0 Å². The number of amides is 1. The van der Waals surface area contributed by atoms with Gasteiger partial charge in [-0.2, -0.15) is 0 Å². The lowest BCUT2D eigenvalue weighted by Gasteiger charge is -2.20. The van der Waals surface area contributed by atoms with Crippen LogP contribution in [-0.2, 0) is 0 Å². The zero-order valence-corrected chi connectivity index (χ0v) is 15.2. The minimum Gasteiger partial charge on any atom is -0.507 e. The van der Waals surface area contributed by atoms with E-state index in [1.54, 1.807) is 18.2 Å². The molecule has 0 heterocycles. The van der Waals surface area contributed by atoms with Gasteiger partial charge >= 0.3 is 0 Å². The van der Waals surface area contributed by atoms with Gasteiger partial charge in [-0.05, 0) is 80.2 Å². The number of carbonyl (C=O) groups is 1. The SMILES string of the molecule is CCN(CC)CCCC(C)NC(=O)c1cc(I)ccc1O. The van der Waals surface area contributed by atoms with E-state index in [1.165, 1.54) is 0 Å². The molecule has 1 atom stereocenters. The molecular formula is C16H25IN2O2. The number of carbonyl (C=O) groups excluding carboxylic acids is 1. The maximum absolute atomic E-state index is 12.2. The van der Waals surface area contributed by atoms with Crippen LogP contribution in [0.5, 0.6) is 5.75 Å². The molecule has 4 nitrogen and oxygen atoms in total. The highest BCUT2D eigenvalue weighted by molar-refractivity contribution is 14.1. The van der Waals surface area contributed by atoms with Crippen molar-refractivity contribution in [2.75, 3.05) is 19.6 Å². The van der Waals surface area contributed by atoms with Gasteiger partial charge in [-0.15, -0.1) is 0 Å². The van der Waals surface area contributed by atoms with E-state index >= 15 is 0 Å². The predicted molar refractivity (Wildman–Crippen MR) is 94.8 cm³/mol. The second kappa shape index (κ2) is 9.25. The first-order valence-corrected chi connectivity index (χ1v) is 8.57. The Morgan fingerprint density at radius 2 is 2.05 bits per heavy atom. The highest BCUT2D eigenvalue weighted by atomic mass is 127. The van der Waals surface area contributed by atoms with Gasteiger partial charge in [-0.1, -0.05) is 13.8 Å². The maximum Gasteiger partial charge on any atom is 0.255 e. The molecule has 1 amide bonds. The summed E-state index contributed by atoms with van der Waals surface area (Å²) in [4.78, 5) is 14.5. The molecule has 0 saturated carbocycles. The summed E-state index contributed by atoms with van der Waals surface area (Å²) < 4.78 is 0.935. The average molecular weight is 404 g/mol. The van der Waals surface area contributed by atoms with Gasteiger partial charge < -0.3 is 15.3 Å². The van der Waals surface area contributed by atoms with Gasteiger partial charge in [-0.25, -0.2) is 0 Å². The topological polar surface area (TPSA) is 52.6 Å². The molecule has 0 radical (unpaired) electrons. The lowest BCUT2D eigenvalue weighted by molar-refractivity contribution is 0.0934. The van der Waals surface area contributed by atoms with Crippen LogP contribution in [0.25, 0.3) is 0 Å². The molecule has 0 spiro atoms. The van der Waals surface area contributed by atoms with Crippen LogP contribution < -0.4 is 5.32 Å². The van der Waals surface area contributed by atoms with Crippen LogP contribution in [0.4, 0.5) is 0 Å². The molecule has 1 aromatic rings. The van der Waals surface area contributed by atoms with Crippen molar-refractivity contribution in [2.45, 2.75) is 39.7 Å². The molecule has 118 valence electrons. The van der Waals surface area contributed by atoms with Crippen molar-refractivity contribution in [2.24, 2.45) is 0 Å². The lowest BCUT2D eigenvalue weighted by Crippen LogP contribution is -2.33. The molecule has 1 unspecified atom stereocenters. The molecule has 21 heavy (non-hydrogen) atoms. The predicted octanol–water partition coefficient (Wildman–Crippen LogP) is 3.24. The summed E-state index contributed by atoms with van der Waals surface area (Å²) in [6.45, 7) is 9.51. The highest BCUT2D eigenvalue weighted by Gasteiger charge is 2.14. The zero-order chi connectivity index (χ0) is 15.8. The van der Waals surface area contributed by atoms with Crippen LogP contribution >= 0.6 is 22.6 Å². The van der Waals surface area contributed by atoms with Crippen LogP contribution in [0.3, 0.4) is 0 Å². The standard InChI is InChI=1S/C16H25IN2O2/c1-4-19(5-2)10-6-7-12(3)18-16(21)14-11-13(17)8-9-15(14)20/h8-9,11-12,20H,4-7,10H2,1-3H3,(H,18,21). The third-order valence-electron chi connectivity index (χ3n) is 3.59. The van der Waals surface area contributed by atoms with E-state index < -0.39 is 0 Å². The molecule has 0 saturated heterocycles. The second-order valence-electron chi connectivity index (χ2n) is 5.21. The summed E-state index contributed by atoms with van der Waals surface area (Å²) in [6.07, 6.45) is 1.99. The Kier molecular flexibility index (Phi) is 8.03. The summed E-state index contributed by atoms with van der Waals surface area (Å²) in [6, 6.07) is 5.14. The van der Waals surface area contributed by atoms with Gasteiger partial charge in [0.25, 0.3) is 5.91 Å². The van der Waals surface area contributed by atoms with E-state index in [-0.39, 0.29) is 17.7 Å². The Balaban J connectivity index is 2.45. The van der Waals surface area contributed by atoms with Crippen LogP contribution in [0.2, 0.25) is 0 Å². The molecule has 0 fully saturated rings. The van der Waals surface area contributed by atoms with Gasteiger partial charge in [0, 0.05) is 9.61 Å². The third-order valence-corrected chi connectivity index (χ3v) is 4.26. The second-order valence-corrected chi connectivity index (χ2v) is 6.45. The monoisotopic (exact) mass is 404 g/mol. The fourth-order valence-corrected chi connectivity index (χ4v) is 2.72. The van der Waals surface area contributed by atoms with Gasteiger partial charge in [0.2, 0.25) is 0 Å². The number of phenolic OH excluding ortho intramolecular Hbond substituents is 1. The summed E-state index contributed by atoms with van der Waals surface area (Å²) in [5.41, 5.74) is 0.345. The third kappa shape index (κ3) is 6.22. The van der Waals surface area contributed by atoms with Crippen LogP contribution in [0.1, 0.15) is 44.0 Å². The minimum absolute atomic E-state index is 0.0308. The van der Waals surface area contributed by atoms with Crippen molar-refractivity contribution in [1.29, 1.82) is 0 Å². The lowest BCUT2D eigenvalue weighted by atomic mass is 10.1. The number of phenols is 1. The first-order chi connectivity index (χ1) is 9.97.